The second-order valence-electron chi connectivity index (χ2n) is 4.18. The van der Waals surface area contributed by atoms with Gasteiger partial charge in [-0.05, 0) is 19.4 Å². The highest BCUT2D eigenvalue weighted by Gasteiger charge is 2.00. The van der Waals surface area contributed by atoms with E-state index in [-0.39, 0.29) is 6.04 Å². The van der Waals surface area contributed by atoms with E-state index in [1.54, 1.807) is 0 Å². The monoisotopic (exact) mass is 216 g/mol. The molecule has 0 spiro atoms. The van der Waals surface area contributed by atoms with Gasteiger partial charge in [-0.1, -0.05) is 39.0 Å². The van der Waals surface area contributed by atoms with Crippen LogP contribution in [0.1, 0.15) is 51.9 Å². The summed E-state index contributed by atoms with van der Waals surface area (Å²) in [5, 5.41) is 0. The Morgan fingerprint density at radius 2 is 1.73 bits per heavy atom. The maximum Gasteiger partial charge on any atom is 0.0617 e. The summed E-state index contributed by atoms with van der Waals surface area (Å²) in [6.45, 7) is 4.40. The molecule has 3 heteroatoms. The quantitative estimate of drug-likeness (QED) is 0.520. The molecule has 0 aromatic rings. The van der Waals surface area contributed by atoms with E-state index in [1.165, 1.54) is 38.5 Å². The SMILES string of the molecule is CCCCCCCCOCC(N)CCN. The third-order valence-electron chi connectivity index (χ3n) is 2.51. The van der Waals surface area contributed by atoms with Crippen molar-refractivity contribution in [2.45, 2.75) is 57.9 Å². The Morgan fingerprint density at radius 1 is 1.07 bits per heavy atom. The van der Waals surface area contributed by atoms with Gasteiger partial charge in [-0.2, -0.15) is 0 Å². The van der Waals surface area contributed by atoms with E-state index >= 15 is 0 Å². The topological polar surface area (TPSA) is 61.3 Å². The summed E-state index contributed by atoms with van der Waals surface area (Å²) in [7, 11) is 0. The molecule has 0 radical (unpaired) electrons. The van der Waals surface area contributed by atoms with Crippen LogP contribution < -0.4 is 11.5 Å². The van der Waals surface area contributed by atoms with Crippen LogP contribution in [0.15, 0.2) is 0 Å². The first-order chi connectivity index (χ1) is 7.31. The van der Waals surface area contributed by atoms with E-state index in [2.05, 4.69) is 6.92 Å². The maximum atomic E-state index is 5.76. The molecule has 0 aliphatic heterocycles. The molecule has 0 saturated carbocycles. The van der Waals surface area contributed by atoms with E-state index in [9.17, 15) is 0 Å². The molecular formula is C12H28N2O. The van der Waals surface area contributed by atoms with Crippen LogP contribution in [-0.4, -0.2) is 25.8 Å². The minimum absolute atomic E-state index is 0.120. The molecule has 0 fully saturated rings. The smallest absolute Gasteiger partial charge is 0.0617 e. The highest BCUT2D eigenvalue weighted by Crippen LogP contribution is 2.04. The van der Waals surface area contributed by atoms with E-state index in [0.717, 1.165) is 13.0 Å². The molecule has 15 heavy (non-hydrogen) atoms. The fourth-order valence-corrected chi connectivity index (χ4v) is 1.52. The van der Waals surface area contributed by atoms with E-state index in [1.807, 2.05) is 0 Å². The molecular weight excluding hydrogens is 188 g/mol. The summed E-state index contributed by atoms with van der Waals surface area (Å²) in [6, 6.07) is 0.120. The first-order valence-electron chi connectivity index (χ1n) is 6.34. The van der Waals surface area contributed by atoms with Gasteiger partial charge in [0.05, 0.1) is 6.61 Å². The maximum absolute atomic E-state index is 5.76. The number of rotatable bonds is 11. The molecule has 0 saturated heterocycles. The van der Waals surface area contributed by atoms with Crippen molar-refractivity contribution in [1.29, 1.82) is 0 Å². The van der Waals surface area contributed by atoms with Crippen LogP contribution in [0.4, 0.5) is 0 Å². The number of hydrogen-bond donors (Lipinski definition) is 2. The second-order valence-corrected chi connectivity index (χ2v) is 4.18. The highest BCUT2D eigenvalue weighted by atomic mass is 16.5. The van der Waals surface area contributed by atoms with Gasteiger partial charge in [0.1, 0.15) is 0 Å². The molecule has 0 rings (SSSR count). The van der Waals surface area contributed by atoms with Crippen molar-refractivity contribution >= 4 is 0 Å². The molecule has 92 valence electrons. The van der Waals surface area contributed by atoms with Gasteiger partial charge in [0, 0.05) is 12.6 Å². The van der Waals surface area contributed by atoms with E-state index < -0.39 is 0 Å². The number of nitrogens with two attached hydrogens (primary N) is 2. The van der Waals surface area contributed by atoms with Gasteiger partial charge in [-0.25, -0.2) is 0 Å². The van der Waals surface area contributed by atoms with Crippen molar-refractivity contribution in [3.05, 3.63) is 0 Å². The van der Waals surface area contributed by atoms with Crippen LogP contribution >= 0.6 is 0 Å². The van der Waals surface area contributed by atoms with Gasteiger partial charge >= 0.3 is 0 Å². The summed E-state index contributed by atoms with van der Waals surface area (Å²) in [5.41, 5.74) is 11.2. The van der Waals surface area contributed by atoms with Gasteiger partial charge in [-0.3, -0.25) is 0 Å². The zero-order valence-electron chi connectivity index (χ0n) is 10.2. The van der Waals surface area contributed by atoms with Crippen molar-refractivity contribution < 1.29 is 4.74 Å². The molecule has 0 aromatic heterocycles. The lowest BCUT2D eigenvalue weighted by Crippen LogP contribution is -2.29. The van der Waals surface area contributed by atoms with Crippen molar-refractivity contribution in [2.24, 2.45) is 11.5 Å². The minimum Gasteiger partial charge on any atom is -0.380 e. The molecule has 0 aliphatic carbocycles. The van der Waals surface area contributed by atoms with Gasteiger partial charge in [0.15, 0.2) is 0 Å². The molecule has 0 aromatic carbocycles. The van der Waals surface area contributed by atoms with Gasteiger partial charge in [0.2, 0.25) is 0 Å². The van der Waals surface area contributed by atoms with Crippen LogP contribution in [0.2, 0.25) is 0 Å². The van der Waals surface area contributed by atoms with Crippen molar-refractivity contribution in [1.82, 2.24) is 0 Å². The number of unbranched alkanes of at least 4 members (excludes halogenated alkanes) is 5. The Morgan fingerprint density at radius 3 is 2.40 bits per heavy atom. The fraction of sp³-hybridized carbons (Fsp3) is 1.00. The first kappa shape index (κ1) is 14.9. The summed E-state index contributed by atoms with van der Waals surface area (Å²) in [5.74, 6) is 0. The normalized spacial score (nSPS) is 13.0. The van der Waals surface area contributed by atoms with Gasteiger partial charge < -0.3 is 16.2 Å². The summed E-state index contributed by atoms with van der Waals surface area (Å²) >= 11 is 0. The third kappa shape index (κ3) is 11.8. The molecule has 0 aliphatic rings. The zero-order chi connectivity index (χ0) is 11.4. The Hall–Kier alpha value is -0.120. The molecule has 0 heterocycles. The number of hydrogen-bond acceptors (Lipinski definition) is 3. The van der Waals surface area contributed by atoms with E-state index in [0.29, 0.717) is 13.2 Å². The third-order valence-corrected chi connectivity index (χ3v) is 2.51. The predicted octanol–water partition coefficient (Wildman–Crippen LogP) is 2.04. The number of ether oxygens (including phenoxy) is 1. The second kappa shape index (κ2) is 12.0. The Labute approximate surface area is 94.5 Å². The highest BCUT2D eigenvalue weighted by molar-refractivity contribution is 4.59. The van der Waals surface area contributed by atoms with Crippen LogP contribution in [0, 0.1) is 0 Å². The molecule has 0 amide bonds. The van der Waals surface area contributed by atoms with Crippen LogP contribution in [0.25, 0.3) is 0 Å². The Bertz CT molecular complexity index is 120. The zero-order valence-corrected chi connectivity index (χ0v) is 10.2. The summed E-state index contributed by atoms with van der Waals surface area (Å²) < 4.78 is 5.47. The Kier molecular flexibility index (Phi) is 11.9. The first-order valence-corrected chi connectivity index (χ1v) is 6.34. The van der Waals surface area contributed by atoms with Gasteiger partial charge in [0.25, 0.3) is 0 Å². The molecule has 0 bridgehead atoms. The predicted molar refractivity (Wildman–Crippen MR) is 65.8 cm³/mol. The average Bonchev–Trinajstić information content (AvgIpc) is 2.22. The largest absolute Gasteiger partial charge is 0.380 e. The standard InChI is InChI=1S/C12H28N2O/c1-2-3-4-5-6-7-10-15-11-12(14)8-9-13/h12H,2-11,13-14H2,1H3. The average molecular weight is 216 g/mol. The summed E-state index contributed by atoms with van der Waals surface area (Å²) in [4.78, 5) is 0. The van der Waals surface area contributed by atoms with Crippen molar-refractivity contribution in [3.8, 4) is 0 Å². The van der Waals surface area contributed by atoms with Crippen molar-refractivity contribution in [3.63, 3.8) is 0 Å². The van der Waals surface area contributed by atoms with Crippen LogP contribution in [-0.2, 0) is 4.74 Å². The fourth-order valence-electron chi connectivity index (χ4n) is 1.52. The molecule has 4 N–H and O–H groups in total. The van der Waals surface area contributed by atoms with Crippen molar-refractivity contribution in [2.75, 3.05) is 19.8 Å². The summed E-state index contributed by atoms with van der Waals surface area (Å²) in [6.07, 6.45) is 8.68. The Balaban J connectivity index is 2.98. The van der Waals surface area contributed by atoms with Crippen LogP contribution in [0.3, 0.4) is 0 Å². The lowest BCUT2D eigenvalue weighted by Gasteiger charge is -2.10. The lowest BCUT2D eigenvalue weighted by atomic mass is 10.1. The van der Waals surface area contributed by atoms with Crippen LogP contribution in [0.5, 0.6) is 0 Å². The lowest BCUT2D eigenvalue weighted by molar-refractivity contribution is 0.115. The molecule has 3 nitrogen and oxygen atoms in total. The molecule has 1 unspecified atom stereocenters. The minimum atomic E-state index is 0.120. The van der Waals surface area contributed by atoms with Gasteiger partial charge in [-0.15, -0.1) is 0 Å². The van der Waals surface area contributed by atoms with E-state index in [4.69, 9.17) is 16.2 Å². The molecule has 1 atom stereocenters.